The number of carbonyl (C=O) groups is 1. The minimum absolute atomic E-state index is 0.315. The number of methoxy groups -OCH3 is 1. The summed E-state index contributed by atoms with van der Waals surface area (Å²) < 4.78 is 10.5. The number of carbonyl (C=O) groups excluding carboxylic acids is 1. The number of ether oxygens (including phenoxy) is 2. The first-order valence-electron chi connectivity index (χ1n) is 6.52. The Morgan fingerprint density at radius 2 is 2.05 bits per heavy atom. The number of nitrogens with one attached hydrogen (secondary N) is 1. The van der Waals surface area contributed by atoms with E-state index in [0.29, 0.717) is 16.3 Å². The standard InChI is InChI=1S/C15H22BrNO3/c1-10(16)8-11-6-7-12(19-5)9-13(11)17-14(18)20-15(2,3)4/h6-7,9-10H,8H2,1-5H3,(H,17,18). The van der Waals surface area contributed by atoms with Crippen LogP contribution in [0.4, 0.5) is 10.5 Å². The lowest BCUT2D eigenvalue weighted by Gasteiger charge is -2.21. The van der Waals surface area contributed by atoms with E-state index in [0.717, 1.165) is 12.0 Å². The lowest BCUT2D eigenvalue weighted by Crippen LogP contribution is -2.27. The van der Waals surface area contributed by atoms with E-state index in [9.17, 15) is 4.79 Å². The molecule has 0 aliphatic rings. The Hall–Kier alpha value is -1.23. The van der Waals surface area contributed by atoms with Crippen LogP contribution in [0.15, 0.2) is 18.2 Å². The zero-order valence-electron chi connectivity index (χ0n) is 12.6. The summed E-state index contributed by atoms with van der Waals surface area (Å²) in [6.45, 7) is 7.56. The van der Waals surface area contributed by atoms with Gasteiger partial charge in [-0.15, -0.1) is 0 Å². The van der Waals surface area contributed by atoms with Crippen molar-refractivity contribution >= 4 is 27.7 Å². The zero-order chi connectivity index (χ0) is 15.3. The maximum absolute atomic E-state index is 11.9. The lowest BCUT2D eigenvalue weighted by atomic mass is 10.1. The monoisotopic (exact) mass is 343 g/mol. The average Bonchev–Trinajstić information content (AvgIpc) is 2.28. The summed E-state index contributed by atoms with van der Waals surface area (Å²) in [5, 5.41) is 2.79. The van der Waals surface area contributed by atoms with E-state index < -0.39 is 11.7 Å². The van der Waals surface area contributed by atoms with Gasteiger partial charge in [0.1, 0.15) is 11.4 Å². The Bertz CT molecular complexity index is 467. The predicted molar refractivity (Wildman–Crippen MR) is 84.9 cm³/mol. The Kier molecular flexibility index (Phi) is 5.87. The maximum Gasteiger partial charge on any atom is 0.412 e. The van der Waals surface area contributed by atoms with Crippen molar-refractivity contribution in [1.82, 2.24) is 0 Å². The summed E-state index contributed by atoms with van der Waals surface area (Å²) in [6, 6.07) is 5.63. The number of halogens is 1. The molecule has 0 aliphatic heterocycles. The minimum Gasteiger partial charge on any atom is -0.497 e. The summed E-state index contributed by atoms with van der Waals surface area (Å²) in [4.78, 5) is 12.2. The molecule has 1 rings (SSSR count). The number of hydrogen-bond acceptors (Lipinski definition) is 3. The Morgan fingerprint density at radius 1 is 1.40 bits per heavy atom. The van der Waals surface area contributed by atoms with E-state index in [1.807, 2.05) is 32.9 Å². The van der Waals surface area contributed by atoms with Crippen LogP contribution in [0.5, 0.6) is 5.75 Å². The molecule has 4 nitrogen and oxygen atoms in total. The first-order valence-corrected chi connectivity index (χ1v) is 7.44. The van der Waals surface area contributed by atoms with Gasteiger partial charge in [-0.05, 0) is 38.8 Å². The molecule has 0 bridgehead atoms. The second-order valence-corrected chi connectivity index (χ2v) is 7.20. The number of anilines is 1. The summed E-state index contributed by atoms with van der Waals surface area (Å²) >= 11 is 3.52. The van der Waals surface area contributed by atoms with Crippen molar-refractivity contribution in [3.8, 4) is 5.75 Å². The van der Waals surface area contributed by atoms with Gasteiger partial charge in [0, 0.05) is 10.9 Å². The fraction of sp³-hybridized carbons (Fsp3) is 0.533. The summed E-state index contributed by atoms with van der Waals surface area (Å²) in [6.07, 6.45) is 0.337. The van der Waals surface area contributed by atoms with E-state index >= 15 is 0 Å². The second kappa shape index (κ2) is 6.97. The molecule has 1 aromatic carbocycles. The molecular weight excluding hydrogens is 322 g/mol. The normalized spacial score (nSPS) is 12.7. The van der Waals surface area contributed by atoms with Gasteiger partial charge in [0.2, 0.25) is 0 Å². The molecule has 1 atom stereocenters. The van der Waals surface area contributed by atoms with Crippen LogP contribution >= 0.6 is 15.9 Å². The Labute approximate surface area is 129 Å². The van der Waals surface area contributed by atoms with Crippen LogP contribution in [-0.4, -0.2) is 23.6 Å². The van der Waals surface area contributed by atoms with Crippen LogP contribution in [-0.2, 0) is 11.2 Å². The van der Waals surface area contributed by atoms with E-state index in [2.05, 4.69) is 28.2 Å². The summed E-state index contributed by atoms with van der Waals surface area (Å²) in [7, 11) is 1.60. The quantitative estimate of drug-likeness (QED) is 0.825. The number of hydrogen-bond donors (Lipinski definition) is 1. The molecule has 0 saturated heterocycles. The molecule has 5 heteroatoms. The summed E-state index contributed by atoms with van der Waals surface area (Å²) in [5.41, 5.74) is 1.22. The fourth-order valence-corrected chi connectivity index (χ4v) is 2.04. The van der Waals surface area contributed by atoms with Crippen molar-refractivity contribution in [3.63, 3.8) is 0 Å². The molecule has 0 spiro atoms. The zero-order valence-corrected chi connectivity index (χ0v) is 14.2. The summed E-state index contributed by atoms with van der Waals surface area (Å²) in [5.74, 6) is 0.696. The van der Waals surface area contributed by atoms with Crippen LogP contribution in [0.25, 0.3) is 0 Å². The van der Waals surface area contributed by atoms with E-state index in [1.54, 1.807) is 13.2 Å². The molecule has 1 aromatic rings. The topological polar surface area (TPSA) is 47.6 Å². The molecule has 0 radical (unpaired) electrons. The Morgan fingerprint density at radius 3 is 2.55 bits per heavy atom. The molecule has 0 aliphatic carbocycles. The highest BCUT2D eigenvalue weighted by atomic mass is 79.9. The van der Waals surface area contributed by atoms with E-state index in [4.69, 9.17) is 9.47 Å². The van der Waals surface area contributed by atoms with Crippen molar-refractivity contribution in [3.05, 3.63) is 23.8 Å². The van der Waals surface area contributed by atoms with Gasteiger partial charge < -0.3 is 9.47 Å². The first-order chi connectivity index (χ1) is 9.21. The van der Waals surface area contributed by atoms with Crippen LogP contribution in [0.3, 0.4) is 0 Å². The van der Waals surface area contributed by atoms with Gasteiger partial charge in [-0.1, -0.05) is 28.9 Å². The highest BCUT2D eigenvalue weighted by Gasteiger charge is 2.17. The van der Waals surface area contributed by atoms with Gasteiger partial charge in [0.25, 0.3) is 0 Å². The molecule has 0 saturated carbocycles. The molecule has 1 N–H and O–H groups in total. The van der Waals surface area contributed by atoms with Crippen LogP contribution in [0.1, 0.15) is 33.3 Å². The highest BCUT2D eigenvalue weighted by molar-refractivity contribution is 9.09. The van der Waals surface area contributed by atoms with E-state index in [1.165, 1.54) is 0 Å². The fourth-order valence-electron chi connectivity index (χ4n) is 1.69. The predicted octanol–water partition coefficient (Wildman–Crippen LogP) is 4.37. The number of alkyl halides is 1. The van der Waals surface area contributed by atoms with Gasteiger partial charge >= 0.3 is 6.09 Å². The number of rotatable bonds is 4. The van der Waals surface area contributed by atoms with Crippen LogP contribution in [0.2, 0.25) is 0 Å². The smallest absolute Gasteiger partial charge is 0.412 e. The molecule has 0 heterocycles. The third-order valence-electron chi connectivity index (χ3n) is 2.45. The molecule has 1 unspecified atom stereocenters. The lowest BCUT2D eigenvalue weighted by molar-refractivity contribution is 0.0636. The maximum atomic E-state index is 11.9. The second-order valence-electron chi connectivity index (χ2n) is 5.63. The van der Waals surface area contributed by atoms with Gasteiger partial charge in [-0.25, -0.2) is 4.79 Å². The van der Waals surface area contributed by atoms with Gasteiger partial charge in [0.05, 0.1) is 12.8 Å². The van der Waals surface area contributed by atoms with Crippen LogP contribution in [0, 0.1) is 0 Å². The van der Waals surface area contributed by atoms with Crippen molar-refractivity contribution in [2.75, 3.05) is 12.4 Å². The van der Waals surface area contributed by atoms with E-state index in [-0.39, 0.29) is 0 Å². The average molecular weight is 344 g/mol. The van der Waals surface area contributed by atoms with Crippen molar-refractivity contribution in [1.29, 1.82) is 0 Å². The Balaban J connectivity index is 2.92. The molecule has 112 valence electrons. The number of amides is 1. The van der Waals surface area contributed by atoms with Crippen molar-refractivity contribution < 1.29 is 14.3 Å². The molecule has 20 heavy (non-hydrogen) atoms. The minimum atomic E-state index is -0.522. The molecular formula is C15H22BrNO3. The third-order valence-corrected chi connectivity index (χ3v) is 2.78. The van der Waals surface area contributed by atoms with Crippen LogP contribution < -0.4 is 10.1 Å². The van der Waals surface area contributed by atoms with Gasteiger partial charge in [-0.3, -0.25) is 5.32 Å². The highest BCUT2D eigenvalue weighted by Crippen LogP contribution is 2.25. The largest absolute Gasteiger partial charge is 0.497 e. The third kappa shape index (κ3) is 5.82. The number of benzene rings is 1. The van der Waals surface area contributed by atoms with Crippen molar-refractivity contribution in [2.45, 2.75) is 44.5 Å². The molecule has 0 fully saturated rings. The molecule has 1 amide bonds. The SMILES string of the molecule is COc1ccc(CC(C)Br)c(NC(=O)OC(C)(C)C)c1. The van der Waals surface area contributed by atoms with Crippen molar-refractivity contribution in [2.24, 2.45) is 0 Å². The first kappa shape index (κ1) is 16.8. The van der Waals surface area contributed by atoms with Gasteiger partial charge in [0.15, 0.2) is 0 Å². The van der Waals surface area contributed by atoms with Gasteiger partial charge in [-0.2, -0.15) is 0 Å². The molecule has 0 aromatic heterocycles.